The van der Waals surface area contributed by atoms with Crippen LogP contribution in [0, 0.1) is 6.92 Å². The Hall–Kier alpha value is -1.42. The lowest BCUT2D eigenvalue weighted by Gasteiger charge is -2.05. The summed E-state index contributed by atoms with van der Waals surface area (Å²) in [5.41, 5.74) is 2.38. The van der Waals surface area contributed by atoms with E-state index in [1.165, 1.54) is 4.90 Å². The first kappa shape index (κ1) is 13.0. The second-order valence-electron chi connectivity index (χ2n) is 4.60. The van der Waals surface area contributed by atoms with Gasteiger partial charge in [0.25, 0.3) is 0 Å². The van der Waals surface area contributed by atoms with Gasteiger partial charge < -0.3 is 5.11 Å². The smallest absolute Gasteiger partial charge is 0.164 e. The van der Waals surface area contributed by atoms with Crippen molar-refractivity contribution in [3.05, 3.63) is 30.0 Å². The van der Waals surface area contributed by atoms with Crippen LogP contribution in [0.25, 0.3) is 11.3 Å². The first-order valence-electron chi connectivity index (χ1n) is 5.98. The molecule has 0 amide bonds. The van der Waals surface area contributed by atoms with E-state index in [1.807, 2.05) is 37.9 Å². The maximum Gasteiger partial charge on any atom is 0.164 e. The average Bonchev–Trinajstić information content (AvgIpc) is 2.57. The molecule has 0 aliphatic heterocycles. The highest BCUT2D eigenvalue weighted by molar-refractivity contribution is 7.99. The van der Waals surface area contributed by atoms with Crippen LogP contribution in [-0.2, 0) is 7.05 Å². The summed E-state index contributed by atoms with van der Waals surface area (Å²) < 4.78 is 1.70. The van der Waals surface area contributed by atoms with Gasteiger partial charge in [-0.15, -0.1) is 11.8 Å². The summed E-state index contributed by atoms with van der Waals surface area (Å²) >= 11 is 1.83. The minimum absolute atomic E-state index is 0.266. The number of hydrogen-bond donors (Lipinski definition) is 1. The summed E-state index contributed by atoms with van der Waals surface area (Å²) in [6.45, 7) is 6.20. The average molecular weight is 262 g/mol. The second-order valence-corrected chi connectivity index (χ2v) is 6.25. The summed E-state index contributed by atoms with van der Waals surface area (Å²) in [6, 6.07) is 8.16. The van der Waals surface area contributed by atoms with Crippen LogP contribution in [0.2, 0.25) is 0 Å². The molecule has 0 unspecified atom stereocenters. The van der Waals surface area contributed by atoms with Crippen LogP contribution >= 0.6 is 11.8 Å². The van der Waals surface area contributed by atoms with E-state index in [0.29, 0.717) is 10.9 Å². The first-order valence-corrected chi connectivity index (χ1v) is 6.86. The Bertz CT molecular complexity index is 544. The number of aryl methyl sites for hydroxylation is 1. The van der Waals surface area contributed by atoms with Crippen LogP contribution in [0.5, 0.6) is 5.75 Å². The van der Waals surface area contributed by atoms with E-state index in [2.05, 4.69) is 31.1 Å². The molecule has 0 radical (unpaired) electrons. The number of nitrogens with zero attached hydrogens (tertiary/aromatic N) is 2. The molecule has 0 aliphatic carbocycles. The lowest BCUT2D eigenvalue weighted by atomic mass is 10.1. The molecule has 3 nitrogen and oxygen atoms in total. The third-order valence-corrected chi connectivity index (χ3v) is 3.82. The molecule has 0 saturated carbocycles. The van der Waals surface area contributed by atoms with Crippen molar-refractivity contribution < 1.29 is 5.11 Å². The van der Waals surface area contributed by atoms with E-state index >= 15 is 0 Å². The normalized spacial score (nSPS) is 11.2. The van der Waals surface area contributed by atoms with Crippen molar-refractivity contribution in [3.63, 3.8) is 0 Å². The molecule has 0 saturated heterocycles. The second kappa shape index (κ2) is 5.06. The Morgan fingerprint density at radius 2 is 1.83 bits per heavy atom. The SMILES string of the molecule is Cc1c(O)c(-c2ccc(SC(C)C)cc2)nn1C. The standard InChI is InChI=1S/C14H18N2OS/c1-9(2)18-12-7-5-11(6-8-12)13-14(17)10(3)16(4)15-13/h5-9,17H,1-4H3. The van der Waals surface area contributed by atoms with Gasteiger partial charge in [0.15, 0.2) is 5.75 Å². The summed E-state index contributed by atoms with van der Waals surface area (Å²) in [7, 11) is 1.83. The van der Waals surface area contributed by atoms with E-state index in [-0.39, 0.29) is 5.75 Å². The van der Waals surface area contributed by atoms with Gasteiger partial charge in [-0.2, -0.15) is 5.10 Å². The van der Waals surface area contributed by atoms with Crippen LogP contribution in [0.15, 0.2) is 29.2 Å². The molecule has 4 heteroatoms. The monoisotopic (exact) mass is 262 g/mol. The minimum Gasteiger partial charge on any atom is -0.504 e. The Labute approximate surface area is 112 Å². The van der Waals surface area contributed by atoms with Gasteiger partial charge in [0.2, 0.25) is 0 Å². The quantitative estimate of drug-likeness (QED) is 0.859. The fourth-order valence-corrected chi connectivity index (χ4v) is 2.59. The molecule has 0 aliphatic rings. The van der Waals surface area contributed by atoms with Crippen LogP contribution in [0.3, 0.4) is 0 Å². The number of hydrogen-bond acceptors (Lipinski definition) is 3. The number of thioether (sulfide) groups is 1. The van der Waals surface area contributed by atoms with Gasteiger partial charge in [-0.3, -0.25) is 4.68 Å². The molecule has 1 heterocycles. The van der Waals surface area contributed by atoms with E-state index in [9.17, 15) is 5.11 Å². The number of aromatic nitrogens is 2. The third-order valence-electron chi connectivity index (χ3n) is 2.80. The molecule has 1 N–H and O–H groups in total. The molecule has 2 aromatic rings. The van der Waals surface area contributed by atoms with Gasteiger partial charge in [-0.05, 0) is 19.1 Å². The van der Waals surface area contributed by atoms with Crippen molar-refractivity contribution in [1.82, 2.24) is 9.78 Å². The Balaban J connectivity index is 2.31. The van der Waals surface area contributed by atoms with Gasteiger partial charge in [0.05, 0.1) is 5.69 Å². The molecule has 0 atom stereocenters. The van der Waals surface area contributed by atoms with E-state index < -0.39 is 0 Å². The number of aromatic hydroxyl groups is 1. The molecular weight excluding hydrogens is 244 g/mol. The zero-order valence-corrected chi connectivity index (χ0v) is 12.0. The van der Waals surface area contributed by atoms with Crippen molar-refractivity contribution >= 4 is 11.8 Å². The van der Waals surface area contributed by atoms with E-state index in [4.69, 9.17) is 0 Å². The Morgan fingerprint density at radius 1 is 1.22 bits per heavy atom. The van der Waals surface area contributed by atoms with Crippen LogP contribution in [-0.4, -0.2) is 20.1 Å². The topological polar surface area (TPSA) is 38.1 Å². The highest BCUT2D eigenvalue weighted by Gasteiger charge is 2.13. The lowest BCUT2D eigenvalue weighted by Crippen LogP contribution is -1.92. The predicted molar refractivity (Wildman–Crippen MR) is 76.0 cm³/mol. The maximum atomic E-state index is 10.00. The highest BCUT2D eigenvalue weighted by Crippen LogP contribution is 2.32. The number of rotatable bonds is 3. The zero-order valence-electron chi connectivity index (χ0n) is 11.1. The molecule has 0 fully saturated rings. The summed E-state index contributed by atoms with van der Waals surface area (Å²) in [5, 5.41) is 14.9. The minimum atomic E-state index is 0.266. The summed E-state index contributed by atoms with van der Waals surface area (Å²) in [5.74, 6) is 0.266. The van der Waals surface area contributed by atoms with Crippen LogP contribution in [0.4, 0.5) is 0 Å². The molecule has 96 valence electrons. The molecule has 18 heavy (non-hydrogen) atoms. The fraction of sp³-hybridized carbons (Fsp3) is 0.357. The largest absolute Gasteiger partial charge is 0.504 e. The first-order chi connectivity index (χ1) is 8.49. The van der Waals surface area contributed by atoms with E-state index in [0.717, 1.165) is 11.3 Å². The highest BCUT2D eigenvalue weighted by atomic mass is 32.2. The molecule has 1 aromatic carbocycles. The molecular formula is C14H18N2OS. The van der Waals surface area contributed by atoms with Crippen LogP contribution < -0.4 is 0 Å². The third kappa shape index (κ3) is 2.53. The van der Waals surface area contributed by atoms with Crippen LogP contribution in [0.1, 0.15) is 19.5 Å². The number of benzene rings is 1. The van der Waals surface area contributed by atoms with Gasteiger partial charge in [-0.1, -0.05) is 26.0 Å². The van der Waals surface area contributed by atoms with Gasteiger partial charge in [0.1, 0.15) is 5.69 Å². The Morgan fingerprint density at radius 3 is 2.28 bits per heavy atom. The van der Waals surface area contributed by atoms with Crippen molar-refractivity contribution in [3.8, 4) is 17.0 Å². The lowest BCUT2D eigenvalue weighted by molar-refractivity contribution is 0.471. The zero-order chi connectivity index (χ0) is 13.3. The van der Waals surface area contributed by atoms with Gasteiger partial charge in [0, 0.05) is 22.8 Å². The van der Waals surface area contributed by atoms with Crippen molar-refractivity contribution in [1.29, 1.82) is 0 Å². The predicted octanol–water partition coefficient (Wildman–Crippen LogP) is 3.60. The summed E-state index contributed by atoms with van der Waals surface area (Å²) in [6.07, 6.45) is 0. The summed E-state index contributed by atoms with van der Waals surface area (Å²) in [4.78, 5) is 1.24. The molecule has 0 spiro atoms. The molecule has 0 bridgehead atoms. The van der Waals surface area contributed by atoms with Crippen molar-refractivity contribution in [2.45, 2.75) is 30.9 Å². The Kier molecular flexibility index (Phi) is 3.66. The van der Waals surface area contributed by atoms with Gasteiger partial charge >= 0.3 is 0 Å². The van der Waals surface area contributed by atoms with Gasteiger partial charge in [-0.25, -0.2) is 0 Å². The molecule has 1 aromatic heterocycles. The fourth-order valence-electron chi connectivity index (χ4n) is 1.75. The van der Waals surface area contributed by atoms with Crippen molar-refractivity contribution in [2.75, 3.05) is 0 Å². The molecule has 2 rings (SSSR count). The maximum absolute atomic E-state index is 10.00. The van der Waals surface area contributed by atoms with E-state index in [1.54, 1.807) is 4.68 Å². The van der Waals surface area contributed by atoms with Crippen molar-refractivity contribution in [2.24, 2.45) is 7.05 Å².